The lowest BCUT2D eigenvalue weighted by atomic mass is 9.72. The summed E-state index contributed by atoms with van der Waals surface area (Å²) in [7, 11) is 0. The molecule has 1 rings (SSSR count). The van der Waals surface area contributed by atoms with Crippen LogP contribution in [0.25, 0.3) is 6.08 Å². The Morgan fingerprint density at radius 3 is 1.62 bits per heavy atom. The molecule has 1 aromatic rings. The second kappa shape index (κ2) is 8.98. The van der Waals surface area contributed by atoms with Crippen molar-refractivity contribution in [3.05, 3.63) is 39.1 Å². The SMILES string of the molecule is CC(C)(C)C(=CC#CC#Cc1ccc(C=C(C(C)(C)C)C(C)(C)C)s1)C(C)(C)C. The molecule has 0 aliphatic carbocycles. The van der Waals surface area contributed by atoms with Crippen molar-refractivity contribution in [3.63, 3.8) is 0 Å². The Bertz CT molecular complexity index is 849. The molecule has 1 aromatic heterocycles. The molecule has 0 nitrogen and oxygen atoms in total. The maximum Gasteiger partial charge on any atom is 0.0785 e. The summed E-state index contributed by atoms with van der Waals surface area (Å²) in [5, 5.41) is 0. The van der Waals surface area contributed by atoms with Gasteiger partial charge in [0, 0.05) is 4.88 Å². The normalized spacial score (nSPS) is 12.3. The molecule has 0 aliphatic rings. The molecule has 0 N–H and O–H groups in total. The highest BCUT2D eigenvalue weighted by Gasteiger charge is 2.28. The van der Waals surface area contributed by atoms with Gasteiger partial charge in [-0.05, 0) is 63.7 Å². The maximum atomic E-state index is 3.20. The molecule has 29 heavy (non-hydrogen) atoms. The highest BCUT2D eigenvalue weighted by molar-refractivity contribution is 7.13. The fourth-order valence-corrected chi connectivity index (χ4v) is 4.80. The Balaban J connectivity index is 3.10. The van der Waals surface area contributed by atoms with E-state index < -0.39 is 0 Å². The molecule has 0 radical (unpaired) electrons. The van der Waals surface area contributed by atoms with Gasteiger partial charge in [0.25, 0.3) is 0 Å². The predicted molar refractivity (Wildman–Crippen MR) is 133 cm³/mol. The first-order valence-electron chi connectivity index (χ1n) is 10.5. The minimum absolute atomic E-state index is 0.104. The molecule has 0 spiro atoms. The molecule has 0 amide bonds. The maximum absolute atomic E-state index is 3.20. The quantitative estimate of drug-likeness (QED) is 0.408. The number of hydrogen-bond acceptors (Lipinski definition) is 1. The van der Waals surface area contributed by atoms with Gasteiger partial charge in [0.15, 0.2) is 0 Å². The van der Waals surface area contributed by atoms with Gasteiger partial charge < -0.3 is 0 Å². The summed E-state index contributed by atoms with van der Waals surface area (Å²) in [6.45, 7) is 27.1. The van der Waals surface area contributed by atoms with Crippen molar-refractivity contribution in [1.29, 1.82) is 0 Å². The largest absolute Gasteiger partial charge is 0.127 e. The Morgan fingerprint density at radius 2 is 1.17 bits per heavy atom. The minimum atomic E-state index is 0.104. The average molecular weight is 409 g/mol. The highest BCUT2D eigenvalue weighted by Crippen LogP contribution is 2.41. The zero-order valence-electron chi connectivity index (χ0n) is 20.7. The lowest BCUT2D eigenvalue weighted by Crippen LogP contribution is -2.22. The number of allylic oxidation sites excluding steroid dienone is 3. The van der Waals surface area contributed by atoms with Crippen LogP contribution in [0.2, 0.25) is 0 Å². The highest BCUT2D eigenvalue weighted by atomic mass is 32.1. The van der Waals surface area contributed by atoms with Gasteiger partial charge in [0.2, 0.25) is 0 Å². The summed E-state index contributed by atoms with van der Waals surface area (Å²) in [6.07, 6.45) is 4.39. The molecule has 0 unspecified atom stereocenters. The van der Waals surface area contributed by atoms with E-state index in [4.69, 9.17) is 0 Å². The molecule has 1 heterocycles. The molecule has 0 aromatic carbocycles. The van der Waals surface area contributed by atoms with Crippen molar-refractivity contribution in [3.8, 4) is 23.7 Å². The standard InChI is InChI=1S/C28H40S/c1-25(2,3)23(26(4,5)6)17-15-13-14-16-21-18-19-22(29-21)20-24(27(7,8)9)28(10,11)12/h17-20H,1-12H3. The molecule has 1 heteroatoms. The van der Waals surface area contributed by atoms with Gasteiger partial charge in [-0.2, -0.15) is 0 Å². The molecular formula is C28H40S. The summed E-state index contributed by atoms with van der Waals surface area (Å²) >= 11 is 1.73. The average Bonchev–Trinajstić information content (AvgIpc) is 2.91. The molecule has 0 aliphatic heterocycles. The van der Waals surface area contributed by atoms with Gasteiger partial charge in [-0.15, -0.1) is 11.3 Å². The van der Waals surface area contributed by atoms with Crippen LogP contribution in [0.15, 0.2) is 29.4 Å². The lowest BCUT2D eigenvalue weighted by molar-refractivity contribution is 0.362. The second-order valence-electron chi connectivity index (χ2n) is 11.8. The minimum Gasteiger partial charge on any atom is -0.127 e. The Kier molecular flexibility index (Phi) is 7.84. The summed E-state index contributed by atoms with van der Waals surface area (Å²) in [5.74, 6) is 12.4. The lowest BCUT2D eigenvalue weighted by Gasteiger charge is -2.34. The summed E-state index contributed by atoms with van der Waals surface area (Å²) < 4.78 is 0. The molecule has 0 fully saturated rings. The predicted octanol–water partition coefficient (Wildman–Crippen LogP) is 8.60. The van der Waals surface area contributed by atoms with Crippen molar-refractivity contribution < 1.29 is 0 Å². The first kappa shape index (κ1) is 25.3. The van der Waals surface area contributed by atoms with Crippen molar-refractivity contribution in [1.82, 2.24) is 0 Å². The zero-order valence-corrected chi connectivity index (χ0v) is 21.5. The number of thiophene rings is 1. The van der Waals surface area contributed by atoms with Crippen LogP contribution in [0.1, 0.15) is 92.8 Å². The second-order valence-corrected chi connectivity index (χ2v) is 13.0. The molecule has 0 bridgehead atoms. The van der Waals surface area contributed by atoms with E-state index in [0.717, 1.165) is 4.88 Å². The van der Waals surface area contributed by atoms with Crippen molar-refractivity contribution in [2.24, 2.45) is 21.7 Å². The third-order valence-electron chi connectivity index (χ3n) is 4.68. The van der Waals surface area contributed by atoms with Crippen LogP contribution in [0.4, 0.5) is 0 Å². The zero-order chi connectivity index (χ0) is 22.7. The fourth-order valence-electron chi connectivity index (χ4n) is 3.99. The van der Waals surface area contributed by atoms with Crippen molar-refractivity contribution >= 4 is 17.4 Å². The molecule has 158 valence electrons. The Morgan fingerprint density at radius 1 is 0.690 bits per heavy atom. The van der Waals surface area contributed by atoms with E-state index in [1.54, 1.807) is 11.3 Å². The van der Waals surface area contributed by atoms with Gasteiger partial charge in [-0.3, -0.25) is 0 Å². The van der Waals surface area contributed by atoms with Crippen LogP contribution in [0.3, 0.4) is 0 Å². The first-order valence-corrected chi connectivity index (χ1v) is 11.3. The van der Waals surface area contributed by atoms with Crippen LogP contribution in [-0.4, -0.2) is 0 Å². The van der Waals surface area contributed by atoms with E-state index in [1.165, 1.54) is 16.0 Å². The van der Waals surface area contributed by atoms with E-state index in [9.17, 15) is 0 Å². The third kappa shape index (κ3) is 8.28. The molecule has 0 atom stereocenters. The summed E-state index contributed by atoms with van der Waals surface area (Å²) in [4.78, 5) is 2.31. The van der Waals surface area contributed by atoms with Crippen molar-refractivity contribution in [2.75, 3.05) is 0 Å². The van der Waals surface area contributed by atoms with Gasteiger partial charge in [-0.25, -0.2) is 0 Å². The van der Waals surface area contributed by atoms with E-state index in [-0.39, 0.29) is 21.7 Å². The van der Waals surface area contributed by atoms with E-state index in [1.807, 2.05) is 0 Å². The van der Waals surface area contributed by atoms with Gasteiger partial charge in [0.1, 0.15) is 0 Å². The van der Waals surface area contributed by atoms with Crippen LogP contribution < -0.4 is 0 Å². The Hall–Kier alpha value is -1.70. The van der Waals surface area contributed by atoms with Crippen LogP contribution in [0, 0.1) is 45.3 Å². The van der Waals surface area contributed by atoms with Crippen LogP contribution in [0.5, 0.6) is 0 Å². The molecule has 0 saturated heterocycles. The van der Waals surface area contributed by atoms with E-state index >= 15 is 0 Å². The summed E-state index contributed by atoms with van der Waals surface area (Å²) in [5.41, 5.74) is 3.29. The fraction of sp³-hybridized carbons (Fsp3) is 0.571. The van der Waals surface area contributed by atoms with Crippen LogP contribution >= 0.6 is 11.3 Å². The van der Waals surface area contributed by atoms with Gasteiger partial charge in [-0.1, -0.05) is 100 Å². The summed E-state index contributed by atoms with van der Waals surface area (Å²) in [6, 6.07) is 4.26. The van der Waals surface area contributed by atoms with E-state index in [0.29, 0.717) is 0 Å². The third-order valence-corrected chi connectivity index (χ3v) is 5.63. The topological polar surface area (TPSA) is 0 Å². The van der Waals surface area contributed by atoms with Crippen molar-refractivity contribution in [2.45, 2.75) is 83.1 Å². The molecule has 0 saturated carbocycles. The smallest absolute Gasteiger partial charge is 0.0785 e. The monoisotopic (exact) mass is 408 g/mol. The Labute approximate surface area is 184 Å². The van der Waals surface area contributed by atoms with Gasteiger partial charge >= 0.3 is 0 Å². The van der Waals surface area contributed by atoms with Gasteiger partial charge in [0.05, 0.1) is 4.88 Å². The van der Waals surface area contributed by atoms with E-state index in [2.05, 4.69) is 131 Å². The number of rotatable bonds is 1. The number of hydrogen-bond donors (Lipinski definition) is 0. The molecular weight excluding hydrogens is 368 g/mol. The van der Waals surface area contributed by atoms with Crippen LogP contribution in [-0.2, 0) is 0 Å². The first-order chi connectivity index (χ1) is 12.9.